The number of amides is 1. The fourth-order valence-electron chi connectivity index (χ4n) is 5.15. The Balaban J connectivity index is 1.63. The summed E-state index contributed by atoms with van der Waals surface area (Å²) in [6, 6.07) is 4.22. The van der Waals surface area contributed by atoms with Crippen molar-refractivity contribution < 1.29 is 9.53 Å². The van der Waals surface area contributed by atoms with Gasteiger partial charge in [-0.15, -0.1) is 0 Å². The number of primary amides is 1. The topological polar surface area (TPSA) is 100 Å². The molecule has 2 aliphatic heterocycles. The van der Waals surface area contributed by atoms with E-state index in [1.54, 1.807) is 6.33 Å². The zero-order valence-corrected chi connectivity index (χ0v) is 18.7. The first-order valence-electron chi connectivity index (χ1n) is 11.3. The van der Waals surface area contributed by atoms with Gasteiger partial charge in [0.1, 0.15) is 0 Å². The number of pyridine rings is 1. The molecule has 3 N–H and O–H groups in total. The Morgan fingerprint density at radius 2 is 2.19 bits per heavy atom. The van der Waals surface area contributed by atoms with Gasteiger partial charge in [-0.25, -0.2) is 9.97 Å². The molecule has 8 heteroatoms. The van der Waals surface area contributed by atoms with E-state index in [1.165, 1.54) is 6.42 Å². The van der Waals surface area contributed by atoms with Crippen molar-refractivity contribution in [1.29, 1.82) is 0 Å². The number of anilines is 1. The molecule has 0 saturated carbocycles. The standard InChI is InChI=1S/C24H30N6O2/c1-29(2)12-15-5-3-7-30(13-15)19-10-18(21-22(28-14-27-21)20(19)23(25)31)17-9-16-6-4-8-32-24(16)26-11-17/h9-11,14-15H,3-8,12-13H2,1-2H3,(H2,25,31)(H,27,28). The van der Waals surface area contributed by atoms with Crippen molar-refractivity contribution in [3.8, 4) is 17.0 Å². The SMILES string of the molecule is CN(C)CC1CCCN(c2cc(-c3cnc4c(c3)CCCO4)c3nc[nH]c3c2C(N)=O)C1. The van der Waals surface area contributed by atoms with Crippen LogP contribution in [0.5, 0.6) is 5.88 Å². The number of nitrogens with zero attached hydrogens (tertiary/aromatic N) is 4. The Kier molecular flexibility index (Phi) is 5.46. The van der Waals surface area contributed by atoms with Crippen LogP contribution >= 0.6 is 0 Å². The molecule has 0 radical (unpaired) electrons. The molecule has 1 saturated heterocycles. The van der Waals surface area contributed by atoms with E-state index in [2.05, 4.69) is 51.0 Å². The largest absolute Gasteiger partial charge is 0.477 e. The fraction of sp³-hybridized carbons (Fsp3) is 0.458. The highest BCUT2D eigenvalue weighted by Gasteiger charge is 2.27. The van der Waals surface area contributed by atoms with E-state index in [0.29, 0.717) is 23.6 Å². The predicted molar refractivity (Wildman–Crippen MR) is 125 cm³/mol. The molecule has 168 valence electrons. The van der Waals surface area contributed by atoms with E-state index in [9.17, 15) is 4.79 Å². The number of piperidine rings is 1. The van der Waals surface area contributed by atoms with Crippen molar-refractivity contribution in [2.75, 3.05) is 45.2 Å². The molecular weight excluding hydrogens is 404 g/mol. The molecule has 2 aromatic heterocycles. The number of imidazole rings is 1. The van der Waals surface area contributed by atoms with Gasteiger partial charge in [0.05, 0.1) is 35.2 Å². The number of carbonyl (C=O) groups is 1. The van der Waals surface area contributed by atoms with Crippen LogP contribution in [0.1, 0.15) is 35.2 Å². The van der Waals surface area contributed by atoms with Gasteiger partial charge in [-0.3, -0.25) is 4.79 Å². The average molecular weight is 435 g/mol. The molecule has 1 amide bonds. The highest BCUT2D eigenvalue weighted by atomic mass is 16.5. The van der Waals surface area contributed by atoms with Crippen LogP contribution in [0.2, 0.25) is 0 Å². The van der Waals surface area contributed by atoms with Crippen LogP contribution in [-0.2, 0) is 6.42 Å². The first-order valence-corrected chi connectivity index (χ1v) is 11.3. The molecule has 1 atom stereocenters. The quantitative estimate of drug-likeness (QED) is 0.641. The van der Waals surface area contributed by atoms with Crippen molar-refractivity contribution in [1.82, 2.24) is 19.9 Å². The fourth-order valence-corrected chi connectivity index (χ4v) is 5.15. The molecule has 0 aliphatic carbocycles. The minimum atomic E-state index is -0.438. The number of ether oxygens (including phenoxy) is 1. The lowest BCUT2D eigenvalue weighted by atomic mass is 9.94. The molecule has 1 fully saturated rings. The van der Waals surface area contributed by atoms with Crippen LogP contribution in [0.3, 0.4) is 0 Å². The number of nitrogens with one attached hydrogen (secondary N) is 1. The Bertz CT molecular complexity index is 1150. The maximum atomic E-state index is 12.6. The van der Waals surface area contributed by atoms with Gasteiger partial charge in [-0.2, -0.15) is 0 Å². The third-order valence-corrected chi connectivity index (χ3v) is 6.48. The summed E-state index contributed by atoms with van der Waals surface area (Å²) in [5, 5.41) is 0. The van der Waals surface area contributed by atoms with Gasteiger partial charge in [0.2, 0.25) is 5.88 Å². The number of aromatic amines is 1. The molecule has 4 heterocycles. The van der Waals surface area contributed by atoms with Crippen LogP contribution in [-0.4, -0.2) is 66.1 Å². The van der Waals surface area contributed by atoms with Gasteiger partial charge in [0.15, 0.2) is 0 Å². The Morgan fingerprint density at radius 1 is 1.31 bits per heavy atom. The number of carbonyl (C=O) groups excluding carboxylic acids is 1. The monoisotopic (exact) mass is 434 g/mol. The third kappa shape index (κ3) is 3.79. The number of rotatable bonds is 5. The number of hydrogen-bond acceptors (Lipinski definition) is 6. The summed E-state index contributed by atoms with van der Waals surface area (Å²) in [6.07, 6.45) is 7.68. The van der Waals surface area contributed by atoms with E-state index >= 15 is 0 Å². The second-order valence-corrected chi connectivity index (χ2v) is 9.17. The van der Waals surface area contributed by atoms with Gasteiger partial charge in [0, 0.05) is 42.5 Å². The minimum Gasteiger partial charge on any atom is -0.477 e. The van der Waals surface area contributed by atoms with Crippen molar-refractivity contribution in [3.05, 3.63) is 35.8 Å². The number of fused-ring (bicyclic) bond motifs is 2. The van der Waals surface area contributed by atoms with Gasteiger partial charge in [0.25, 0.3) is 5.91 Å². The van der Waals surface area contributed by atoms with Gasteiger partial charge < -0.3 is 25.3 Å². The smallest absolute Gasteiger partial charge is 0.253 e. The van der Waals surface area contributed by atoms with Crippen molar-refractivity contribution in [2.24, 2.45) is 11.7 Å². The van der Waals surface area contributed by atoms with Crippen LogP contribution in [0.15, 0.2) is 24.7 Å². The maximum Gasteiger partial charge on any atom is 0.253 e. The lowest BCUT2D eigenvalue weighted by Gasteiger charge is -2.36. The summed E-state index contributed by atoms with van der Waals surface area (Å²) in [5.41, 5.74) is 11.8. The molecule has 0 spiro atoms. The van der Waals surface area contributed by atoms with E-state index in [-0.39, 0.29) is 0 Å². The van der Waals surface area contributed by atoms with Crippen molar-refractivity contribution >= 4 is 22.6 Å². The summed E-state index contributed by atoms with van der Waals surface area (Å²) in [6.45, 7) is 3.53. The van der Waals surface area contributed by atoms with Gasteiger partial charge >= 0.3 is 0 Å². The molecule has 5 rings (SSSR count). The highest BCUT2D eigenvalue weighted by Crippen LogP contribution is 2.38. The molecule has 8 nitrogen and oxygen atoms in total. The number of H-pyrrole nitrogens is 1. The highest BCUT2D eigenvalue weighted by molar-refractivity contribution is 6.12. The first-order chi connectivity index (χ1) is 15.5. The summed E-state index contributed by atoms with van der Waals surface area (Å²) in [4.78, 5) is 29.4. The van der Waals surface area contributed by atoms with E-state index in [0.717, 1.165) is 72.7 Å². The molecule has 2 aliphatic rings. The Hall–Kier alpha value is -3.13. The second kappa shape index (κ2) is 8.43. The van der Waals surface area contributed by atoms with E-state index in [4.69, 9.17) is 10.5 Å². The zero-order chi connectivity index (χ0) is 22.2. The van der Waals surface area contributed by atoms with E-state index < -0.39 is 5.91 Å². The first kappa shape index (κ1) is 20.8. The van der Waals surface area contributed by atoms with Gasteiger partial charge in [-0.05, 0) is 57.8 Å². The van der Waals surface area contributed by atoms with Gasteiger partial charge in [-0.1, -0.05) is 0 Å². The van der Waals surface area contributed by atoms with Crippen molar-refractivity contribution in [2.45, 2.75) is 25.7 Å². The minimum absolute atomic E-state index is 0.438. The average Bonchev–Trinajstić information content (AvgIpc) is 3.27. The third-order valence-electron chi connectivity index (χ3n) is 6.48. The molecule has 32 heavy (non-hydrogen) atoms. The number of nitrogens with two attached hydrogens (primary N) is 1. The molecule has 1 aromatic carbocycles. The molecular formula is C24H30N6O2. The predicted octanol–water partition coefficient (Wildman–Crippen LogP) is 2.83. The van der Waals surface area contributed by atoms with E-state index in [1.807, 2.05) is 6.20 Å². The van der Waals surface area contributed by atoms with Crippen LogP contribution in [0.25, 0.3) is 22.2 Å². The zero-order valence-electron chi connectivity index (χ0n) is 18.7. The molecule has 1 unspecified atom stereocenters. The molecule has 3 aromatic rings. The summed E-state index contributed by atoms with van der Waals surface area (Å²) in [5.74, 6) is 0.824. The summed E-state index contributed by atoms with van der Waals surface area (Å²) < 4.78 is 5.69. The van der Waals surface area contributed by atoms with Crippen molar-refractivity contribution in [3.63, 3.8) is 0 Å². The Morgan fingerprint density at radius 3 is 3.00 bits per heavy atom. The molecule has 0 bridgehead atoms. The maximum absolute atomic E-state index is 12.6. The summed E-state index contributed by atoms with van der Waals surface area (Å²) >= 11 is 0. The van der Waals surface area contributed by atoms with Crippen LogP contribution < -0.4 is 15.4 Å². The number of aromatic nitrogens is 3. The number of hydrogen-bond donors (Lipinski definition) is 2. The lowest BCUT2D eigenvalue weighted by molar-refractivity contribution is 0.100. The summed E-state index contributed by atoms with van der Waals surface area (Å²) in [7, 11) is 4.21. The van der Waals surface area contributed by atoms with Crippen LogP contribution in [0, 0.1) is 5.92 Å². The lowest BCUT2D eigenvalue weighted by Crippen LogP contribution is -2.40. The number of aryl methyl sites for hydroxylation is 1. The number of benzene rings is 1. The Labute approximate surface area is 187 Å². The van der Waals surface area contributed by atoms with Crippen LogP contribution in [0.4, 0.5) is 5.69 Å². The normalized spacial score (nSPS) is 18.6. The second-order valence-electron chi connectivity index (χ2n) is 9.17.